The fourth-order valence-electron chi connectivity index (χ4n) is 1.07. The van der Waals surface area contributed by atoms with Crippen molar-refractivity contribution in [3.8, 4) is 0 Å². The highest BCUT2D eigenvalue weighted by Gasteiger charge is 2.08. The number of nitrogens with zero attached hydrogens (tertiary/aromatic N) is 1. The van der Waals surface area contributed by atoms with Crippen molar-refractivity contribution in [2.75, 3.05) is 24.6 Å². The zero-order chi connectivity index (χ0) is 11.0. The van der Waals surface area contributed by atoms with E-state index in [-0.39, 0.29) is 11.8 Å². The summed E-state index contributed by atoms with van der Waals surface area (Å²) < 4.78 is 0. The molecule has 0 atom stereocenters. The number of amides is 2. The van der Waals surface area contributed by atoms with Gasteiger partial charge in [-0.2, -0.15) is 11.8 Å². The van der Waals surface area contributed by atoms with Crippen molar-refractivity contribution in [1.82, 2.24) is 4.90 Å². The Bertz CT molecular complexity index is 193. The first kappa shape index (κ1) is 13.3. The first-order chi connectivity index (χ1) is 6.61. The molecule has 0 bridgehead atoms. The number of primary amides is 1. The lowest BCUT2D eigenvalue weighted by atomic mass is 10.4. The van der Waals surface area contributed by atoms with Crippen LogP contribution < -0.4 is 5.73 Å². The first-order valence-corrected chi connectivity index (χ1v) is 5.91. The molecule has 0 saturated heterocycles. The second kappa shape index (κ2) is 7.67. The van der Waals surface area contributed by atoms with Gasteiger partial charge in [-0.1, -0.05) is 0 Å². The summed E-state index contributed by atoms with van der Waals surface area (Å²) in [5, 5.41) is 0. The van der Waals surface area contributed by atoms with Gasteiger partial charge >= 0.3 is 0 Å². The number of carbonyl (C=O) groups excluding carboxylic acids is 2. The summed E-state index contributed by atoms with van der Waals surface area (Å²) in [6.45, 7) is 5.40. The maximum atomic E-state index is 11.4. The third-order valence-corrected chi connectivity index (χ3v) is 2.80. The average Bonchev–Trinajstić information content (AvgIpc) is 2.14. The lowest BCUT2D eigenvalue weighted by Gasteiger charge is -2.18. The molecule has 0 heterocycles. The van der Waals surface area contributed by atoms with Gasteiger partial charge < -0.3 is 10.6 Å². The molecule has 0 aromatic carbocycles. The number of rotatable bonds is 7. The smallest absolute Gasteiger partial charge is 0.227 e. The fraction of sp³-hybridized carbons (Fsp3) is 0.778. The normalized spacial score (nSPS) is 9.86. The van der Waals surface area contributed by atoms with E-state index in [1.54, 1.807) is 4.90 Å². The molecule has 14 heavy (non-hydrogen) atoms. The summed E-state index contributed by atoms with van der Waals surface area (Å²) in [6, 6.07) is 0. The number of hydrogen-bond donors (Lipinski definition) is 1. The van der Waals surface area contributed by atoms with Crippen molar-refractivity contribution < 1.29 is 9.59 Å². The first-order valence-electron chi connectivity index (χ1n) is 4.75. The van der Waals surface area contributed by atoms with E-state index in [0.717, 1.165) is 13.1 Å². The molecule has 4 nitrogen and oxygen atoms in total. The molecule has 5 heteroatoms. The highest BCUT2D eigenvalue weighted by atomic mass is 32.2. The topological polar surface area (TPSA) is 63.4 Å². The van der Waals surface area contributed by atoms with Crippen LogP contribution in [-0.2, 0) is 9.59 Å². The predicted molar refractivity (Wildman–Crippen MR) is 59.1 cm³/mol. The van der Waals surface area contributed by atoms with Crippen LogP contribution >= 0.6 is 11.8 Å². The number of thioether (sulfide) groups is 1. The Morgan fingerprint density at radius 2 is 1.86 bits per heavy atom. The fourth-order valence-corrected chi connectivity index (χ4v) is 1.73. The van der Waals surface area contributed by atoms with Crippen molar-refractivity contribution in [2.24, 2.45) is 5.73 Å². The molecule has 0 aliphatic carbocycles. The molecular weight excluding hydrogens is 200 g/mol. The standard InChI is InChI=1S/C9H18N2O2S/c1-3-11(4-2)9(13)5-6-14-7-8(10)12/h3-7H2,1-2H3,(H2,10,12). The Kier molecular flexibility index (Phi) is 7.28. The molecular formula is C9H18N2O2S. The molecule has 0 unspecified atom stereocenters. The molecule has 0 aliphatic rings. The van der Waals surface area contributed by atoms with Gasteiger partial charge in [0, 0.05) is 25.3 Å². The van der Waals surface area contributed by atoms with Crippen LogP contribution in [0, 0.1) is 0 Å². The summed E-state index contributed by atoms with van der Waals surface area (Å²) in [6.07, 6.45) is 0.486. The SMILES string of the molecule is CCN(CC)C(=O)CCSCC(N)=O. The van der Waals surface area contributed by atoms with Gasteiger partial charge in [-0.25, -0.2) is 0 Å². The molecule has 0 rings (SSSR count). The third kappa shape index (κ3) is 5.85. The molecule has 0 radical (unpaired) electrons. The summed E-state index contributed by atoms with van der Waals surface area (Å²) in [7, 11) is 0. The summed E-state index contributed by atoms with van der Waals surface area (Å²) in [5.41, 5.74) is 4.97. The van der Waals surface area contributed by atoms with Crippen molar-refractivity contribution in [3.05, 3.63) is 0 Å². The quantitative estimate of drug-likeness (QED) is 0.632. The molecule has 0 fully saturated rings. The van der Waals surface area contributed by atoms with E-state index in [0.29, 0.717) is 17.9 Å². The Morgan fingerprint density at radius 1 is 1.29 bits per heavy atom. The Balaban J connectivity index is 3.57. The lowest BCUT2D eigenvalue weighted by molar-refractivity contribution is -0.130. The molecule has 0 saturated carbocycles. The van der Waals surface area contributed by atoms with Gasteiger partial charge in [0.05, 0.1) is 5.75 Å². The molecule has 0 aliphatic heterocycles. The van der Waals surface area contributed by atoms with E-state index in [9.17, 15) is 9.59 Å². The van der Waals surface area contributed by atoms with Crippen LogP contribution in [-0.4, -0.2) is 41.3 Å². The minimum atomic E-state index is -0.328. The zero-order valence-electron chi connectivity index (χ0n) is 8.78. The highest BCUT2D eigenvalue weighted by molar-refractivity contribution is 7.99. The number of carbonyl (C=O) groups is 2. The maximum Gasteiger partial charge on any atom is 0.227 e. The van der Waals surface area contributed by atoms with Crippen LogP contribution in [0.5, 0.6) is 0 Å². The van der Waals surface area contributed by atoms with Gasteiger partial charge in [-0.3, -0.25) is 9.59 Å². The Hall–Kier alpha value is -0.710. The predicted octanol–water partition coefficient (Wildman–Crippen LogP) is 0.463. The van der Waals surface area contributed by atoms with E-state index >= 15 is 0 Å². The zero-order valence-corrected chi connectivity index (χ0v) is 9.60. The summed E-state index contributed by atoms with van der Waals surface area (Å²) in [5.74, 6) is 0.779. The lowest BCUT2D eigenvalue weighted by Crippen LogP contribution is -2.30. The third-order valence-electron chi connectivity index (χ3n) is 1.82. The number of hydrogen-bond acceptors (Lipinski definition) is 3. The monoisotopic (exact) mass is 218 g/mol. The molecule has 82 valence electrons. The Morgan fingerprint density at radius 3 is 2.29 bits per heavy atom. The largest absolute Gasteiger partial charge is 0.369 e. The number of nitrogens with two attached hydrogens (primary N) is 1. The highest BCUT2D eigenvalue weighted by Crippen LogP contribution is 2.03. The summed E-state index contributed by atoms with van der Waals surface area (Å²) >= 11 is 1.41. The van der Waals surface area contributed by atoms with Crippen LogP contribution in [0.1, 0.15) is 20.3 Å². The average molecular weight is 218 g/mol. The van der Waals surface area contributed by atoms with Crippen LogP contribution in [0.2, 0.25) is 0 Å². The van der Waals surface area contributed by atoms with Gasteiger partial charge in [0.2, 0.25) is 11.8 Å². The van der Waals surface area contributed by atoms with Crippen LogP contribution in [0.25, 0.3) is 0 Å². The second-order valence-electron chi connectivity index (χ2n) is 2.83. The van der Waals surface area contributed by atoms with Gasteiger partial charge in [-0.15, -0.1) is 0 Å². The van der Waals surface area contributed by atoms with Crippen LogP contribution in [0.4, 0.5) is 0 Å². The minimum Gasteiger partial charge on any atom is -0.369 e. The van der Waals surface area contributed by atoms with E-state index in [1.165, 1.54) is 11.8 Å². The molecule has 0 spiro atoms. The van der Waals surface area contributed by atoms with Crippen molar-refractivity contribution in [1.29, 1.82) is 0 Å². The molecule has 2 amide bonds. The van der Waals surface area contributed by atoms with E-state index < -0.39 is 0 Å². The van der Waals surface area contributed by atoms with Crippen LogP contribution in [0.3, 0.4) is 0 Å². The minimum absolute atomic E-state index is 0.145. The van der Waals surface area contributed by atoms with Crippen molar-refractivity contribution >= 4 is 23.6 Å². The van der Waals surface area contributed by atoms with Gasteiger partial charge in [-0.05, 0) is 13.8 Å². The van der Waals surface area contributed by atoms with E-state index in [2.05, 4.69) is 0 Å². The molecule has 0 aromatic heterocycles. The molecule has 0 aromatic rings. The summed E-state index contributed by atoms with van der Waals surface area (Å²) in [4.78, 5) is 23.6. The van der Waals surface area contributed by atoms with E-state index in [4.69, 9.17) is 5.73 Å². The van der Waals surface area contributed by atoms with Gasteiger partial charge in [0.15, 0.2) is 0 Å². The Labute approximate surface area is 89.2 Å². The van der Waals surface area contributed by atoms with Crippen LogP contribution in [0.15, 0.2) is 0 Å². The maximum absolute atomic E-state index is 11.4. The van der Waals surface area contributed by atoms with Crippen molar-refractivity contribution in [3.63, 3.8) is 0 Å². The van der Waals surface area contributed by atoms with Gasteiger partial charge in [0.1, 0.15) is 0 Å². The van der Waals surface area contributed by atoms with E-state index in [1.807, 2.05) is 13.8 Å². The van der Waals surface area contributed by atoms with Crippen molar-refractivity contribution in [2.45, 2.75) is 20.3 Å². The molecule has 2 N–H and O–H groups in total. The second-order valence-corrected chi connectivity index (χ2v) is 3.94. The van der Waals surface area contributed by atoms with Gasteiger partial charge in [0.25, 0.3) is 0 Å².